The Labute approximate surface area is 137 Å². The third-order valence-electron chi connectivity index (χ3n) is 4.33. The fraction of sp³-hybridized carbons (Fsp3) is 0.438. The normalized spacial score (nSPS) is 17.8. The molecular formula is C16H18F2N4O2. The van der Waals surface area contributed by atoms with Gasteiger partial charge >= 0.3 is 5.92 Å². The minimum absolute atomic E-state index is 0.0941. The van der Waals surface area contributed by atoms with E-state index in [1.807, 2.05) is 0 Å². The van der Waals surface area contributed by atoms with E-state index < -0.39 is 23.5 Å². The summed E-state index contributed by atoms with van der Waals surface area (Å²) in [4.78, 5) is 16.3. The van der Waals surface area contributed by atoms with Gasteiger partial charge in [0.1, 0.15) is 17.5 Å². The molecule has 24 heavy (non-hydrogen) atoms. The van der Waals surface area contributed by atoms with E-state index in [0.717, 1.165) is 0 Å². The van der Waals surface area contributed by atoms with E-state index in [-0.39, 0.29) is 18.7 Å². The Balaban J connectivity index is 1.88. The van der Waals surface area contributed by atoms with Gasteiger partial charge < -0.3 is 10.4 Å². The summed E-state index contributed by atoms with van der Waals surface area (Å²) >= 11 is 0. The molecule has 1 heterocycles. The lowest BCUT2D eigenvalue weighted by molar-refractivity contribution is -0.216. The predicted molar refractivity (Wildman–Crippen MR) is 81.3 cm³/mol. The maximum Gasteiger partial charge on any atom is 0.352 e. The van der Waals surface area contributed by atoms with Crippen molar-refractivity contribution in [3.63, 3.8) is 0 Å². The molecule has 0 spiro atoms. The summed E-state index contributed by atoms with van der Waals surface area (Å²) in [5.41, 5.74) is -1.70. The molecule has 1 aliphatic carbocycles. The number of nitrogens with one attached hydrogen (secondary N) is 2. The molecule has 1 aromatic carbocycles. The maximum atomic E-state index is 14.3. The Morgan fingerprint density at radius 3 is 2.54 bits per heavy atom. The van der Waals surface area contributed by atoms with Crippen molar-refractivity contribution in [2.45, 2.75) is 43.8 Å². The molecule has 1 atom stereocenters. The summed E-state index contributed by atoms with van der Waals surface area (Å²) in [5.74, 6) is -4.71. The lowest BCUT2D eigenvalue weighted by atomic mass is 9.75. The number of hydrogen-bond acceptors (Lipinski definition) is 4. The van der Waals surface area contributed by atoms with Crippen molar-refractivity contribution in [2.24, 2.45) is 0 Å². The van der Waals surface area contributed by atoms with Crippen LogP contribution in [-0.4, -0.2) is 37.7 Å². The third kappa shape index (κ3) is 2.77. The lowest BCUT2D eigenvalue weighted by Crippen LogP contribution is -2.61. The van der Waals surface area contributed by atoms with E-state index in [0.29, 0.717) is 17.8 Å². The number of aliphatic hydroxyl groups is 1. The molecule has 1 amide bonds. The molecule has 8 heteroatoms. The number of benzene rings is 1. The molecule has 2 aromatic rings. The molecule has 0 radical (unpaired) electrons. The predicted octanol–water partition coefficient (Wildman–Crippen LogP) is 1.87. The number of nitrogens with zero attached hydrogens (tertiary/aromatic N) is 2. The fourth-order valence-corrected chi connectivity index (χ4v) is 2.69. The van der Waals surface area contributed by atoms with E-state index in [9.17, 15) is 18.7 Å². The van der Waals surface area contributed by atoms with Gasteiger partial charge in [-0.1, -0.05) is 30.3 Å². The molecule has 0 saturated heterocycles. The monoisotopic (exact) mass is 336 g/mol. The Hall–Kier alpha value is -2.35. The van der Waals surface area contributed by atoms with Crippen molar-refractivity contribution in [2.75, 3.05) is 0 Å². The molecular weight excluding hydrogens is 318 g/mol. The molecule has 1 fully saturated rings. The molecule has 3 N–H and O–H groups in total. The van der Waals surface area contributed by atoms with Crippen LogP contribution in [0.2, 0.25) is 0 Å². The van der Waals surface area contributed by atoms with Gasteiger partial charge in [-0.15, -0.1) is 0 Å². The molecule has 6 nitrogen and oxygen atoms in total. The van der Waals surface area contributed by atoms with E-state index in [1.54, 1.807) is 37.3 Å². The minimum atomic E-state index is -3.87. The summed E-state index contributed by atoms with van der Waals surface area (Å²) in [6.07, 6.45) is 0.286. The molecule has 0 bridgehead atoms. The zero-order valence-corrected chi connectivity index (χ0v) is 13.1. The Kier molecular flexibility index (Phi) is 4.08. The molecule has 1 aliphatic rings. The van der Waals surface area contributed by atoms with Gasteiger partial charge in [0, 0.05) is 0 Å². The number of hydrogen-bond donors (Lipinski definition) is 3. The first-order valence-electron chi connectivity index (χ1n) is 7.68. The second-order valence-corrected chi connectivity index (χ2v) is 6.06. The van der Waals surface area contributed by atoms with Gasteiger partial charge in [-0.2, -0.15) is 13.9 Å². The van der Waals surface area contributed by atoms with E-state index in [2.05, 4.69) is 20.5 Å². The summed E-state index contributed by atoms with van der Waals surface area (Å²) < 4.78 is 28.7. The van der Waals surface area contributed by atoms with Crippen LogP contribution in [0.15, 0.2) is 30.3 Å². The quantitative estimate of drug-likeness (QED) is 0.777. The van der Waals surface area contributed by atoms with Gasteiger partial charge in [0.05, 0.1) is 0 Å². The van der Waals surface area contributed by atoms with Crippen LogP contribution >= 0.6 is 0 Å². The number of alkyl halides is 2. The van der Waals surface area contributed by atoms with Gasteiger partial charge in [0.2, 0.25) is 0 Å². The number of H-pyrrole nitrogens is 1. The van der Waals surface area contributed by atoms with E-state index in [4.69, 9.17) is 0 Å². The number of aromatic amines is 1. The lowest BCUT2D eigenvalue weighted by Gasteiger charge is -2.41. The second-order valence-electron chi connectivity index (χ2n) is 6.06. The van der Waals surface area contributed by atoms with E-state index >= 15 is 0 Å². The molecule has 1 aromatic heterocycles. The summed E-state index contributed by atoms with van der Waals surface area (Å²) in [6, 6.07) is 7.67. The van der Waals surface area contributed by atoms with Crippen molar-refractivity contribution >= 4 is 5.91 Å². The highest BCUT2D eigenvalue weighted by atomic mass is 19.3. The van der Waals surface area contributed by atoms with Gasteiger partial charge in [0.25, 0.3) is 5.91 Å². The standard InChI is InChI=1S/C16H18F2N4O2/c1-10-19-13(22-21-10)12(11-6-3-2-4-7-11)20-14(23)16(17,18)15(24)8-5-9-15/h2-4,6-7,12,24H,5,8-9H2,1H3,(H,20,23)(H,19,21,22). The van der Waals surface area contributed by atoms with Gasteiger partial charge in [-0.25, -0.2) is 4.98 Å². The number of carbonyl (C=O) groups is 1. The number of aromatic nitrogens is 3. The smallest absolute Gasteiger partial charge is 0.352 e. The number of halogens is 2. The topological polar surface area (TPSA) is 90.9 Å². The molecule has 128 valence electrons. The second kappa shape index (κ2) is 5.94. The number of rotatable bonds is 5. The highest BCUT2D eigenvalue weighted by molar-refractivity contribution is 5.85. The van der Waals surface area contributed by atoms with Crippen LogP contribution in [0.3, 0.4) is 0 Å². The summed E-state index contributed by atoms with van der Waals surface area (Å²) in [7, 11) is 0. The Bertz CT molecular complexity index is 729. The number of amides is 1. The van der Waals surface area contributed by atoms with E-state index in [1.165, 1.54) is 0 Å². The van der Waals surface area contributed by atoms with Crippen molar-refractivity contribution in [1.82, 2.24) is 20.5 Å². The fourth-order valence-electron chi connectivity index (χ4n) is 2.69. The SMILES string of the molecule is Cc1nc(C(NC(=O)C(F)(F)C2(O)CCC2)c2ccccc2)n[nH]1. The van der Waals surface area contributed by atoms with Crippen molar-refractivity contribution in [1.29, 1.82) is 0 Å². The van der Waals surface area contributed by atoms with Crippen molar-refractivity contribution in [3.8, 4) is 0 Å². The van der Waals surface area contributed by atoms with Crippen LogP contribution in [0.4, 0.5) is 8.78 Å². The average molecular weight is 336 g/mol. The largest absolute Gasteiger partial charge is 0.383 e. The number of carbonyl (C=O) groups excluding carboxylic acids is 1. The van der Waals surface area contributed by atoms with Crippen LogP contribution in [0.25, 0.3) is 0 Å². The molecule has 3 rings (SSSR count). The first-order valence-corrected chi connectivity index (χ1v) is 7.68. The maximum absolute atomic E-state index is 14.3. The third-order valence-corrected chi connectivity index (χ3v) is 4.33. The van der Waals surface area contributed by atoms with Gasteiger partial charge in [-0.05, 0) is 31.7 Å². The zero-order valence-electron chi connectivity index (χ0n) is 13.1. The number of aryl methyl sites for hydroxylation is 1. The summed E-state index contributed by atoms with van der Waals surface area (Å²) in [6.45, 7) is 1.67. The van der Waals surface area contributed by atoms with Crippen LogP contribution in [-0.2, 0) is 4.79 Å². The minimum Gasteiger partial charge on any atom is -0.383 e. The first-order chi connectivity index (χ1) is 11.3. The Morgan fingerprint density at radius 2 is 2.04 bits per heavy atom. The van der Waals surface area contributed by atoms with Crippen molar-refractivity contribution in [3.05, 3.63) is 47.5 Å². The average Bonchev–Trinajstić information content (AvgIpc) is 2.96. The highest BCUT2D eigenvalue weighted by Crippen LogP contribution is 2.44. The first kappa shape index (κ1) is 16.5. The Morgan fingerprint density at radius 1 is 1.38 bits per heavy atom. The molecule has 0 aliphatic heterocycles. The van der Waals surface area contributed by atoms with Crippen LogP contribution in [0.1, 0.15) is 42.5 Å². The molecule has 1 saturated carbocycles. The van der Waals surface area contributed by atoms with Gasteiger partial charge in [-0.3, -0.25) is 9.89 Å². The van der Waals surface area contributed by atoms with Crippen molar-refractivity contribution < 1.29 is 18.7 Å². The molecule has 1 unspecified atom stereocenters. The van der Waals surface area contributed by atoms with Crippen LogP contribution < -0.4 is 5.32 Å². The van der Waals surface area contributed by atoms with Crippen LogP contribution in [0.5, 0.6) is 0 Å². The van der Waals surface area contributed by atoms with Gasteiger partial charge in [0.15, 0.2) is 5.82 Å². The zero-order chi connectivity index (χ0) is 17.4. The highest BCUT2D eigenvalue weighted by Gasteiger charge is 2.61. The summed E-state index contributed by atoms with van der Waals surface area (Å²) in [5, 5.41) is 18.8. The van der Waals surface area contributed by atoms with Crippen LogP contribution in [0, 0.1) is 6.92 Å².